The van der Waals surface area contributed by atoms with E-state index in [1.165, 1.54) is 6.33 Å². The Bertz CT molecular complexity index is 414. The highest BCUT2D eigenvalue weighted by Crippen LogP contribution is 2.34. The predicted octanol–water partition coefficient (Wildman–Crippen LogP) is 0.435. The monoisotopic (exact) mass is 236 g/mol. The van der Waals surface area contributed by atoms with E-state index < -0.39 is 0 Å². The van der Waals surface area contributed by atoms with E-state index in [9.17, 15) is 0 Å². The van der Waals surface area contributed by atoms with Crippen molar-refractivity contribution < 1.29 is 9.47 Å². The lowest BCUT2D eigenvalue weighted by atomic mass is 10.2. The van der Waals surface area contributed by atoms with Crippen LogP contribution in [0.3, 0.4) is 0 Å². The highest BCUT2D eigenvalue weighted by Gasteiger charge is 2.35. The van der Waals surface area contributed by atoms with Crippen molar-refractivity contribution in [2.75, 3.05) is 30.8 Å². The number of fused-ring (bicyclic) bond motifs is 2. The van der Waals surface area contributed by atoms with Gasteiger partial charge in [0.1, 0.15) is 6.33 Å². The molecule has 2 unspecified atom stereocenters. The Morgan fingerprint density at radius 2 is 2.06 bits per heavy atom. The molecule has 6 heteroatoms. The molecule has 3 heterocycles. The summed E-state index contributed by atoms with van der Waals surface area (Å²) in [5.74, 6) is 1.73. The Morgan fingerprint density at radius 1 is 1.35 bits per heavy atom. The molecule has 0 aromatic carbocycles. The molecule has 0 spiro atoms. The fourth-order valence-electron chi connectivity index (χ4n) is 2.59. The van der Waals surface area contributed by atoms with Crippen LogP contribution in [0.2, 0.25) is 0 Å². The Kier molecular flexibility index (Phi) is 2.51. The number of ether oxygens (including phenoxy) is 2. The van der Waals surface area contributed by atoms with Gasteiger partial charge in [0.05, 0.1) is 19.3 Å². The van der Waals surface area contributed by atoms with Crippen LogP contribution >= 0.6 is 0 Å². The van der Waals surface area contributed by atoms with Crippen molar-refractivity contribution >= 4 is 11.6 Å². The molecular weight excluding hydrogens is 220 g/mol. The van der Waals surface area contributed by atoms with Crippen LogP contribution in [0.25, 0.3) is 0 Å². The molecule has 3 rings (SSSR count). The minimum Gasteiger partial charge on any atom is -0.490 e. The van der Waals surface area contributed by atoms with E-state index in [2.05, 4.69) is 14.9 Å². The second kappa shape index (κ2) is 4.03. The number of nitrogen functional groups attached to an aromatic ring is 1. The Morgan fingerprint density at radius 3 is 2.71 bits per heavy atom. The first-order valence-electron chi connectivity index (χ1n) is 5.83. The van der Waals surface area contributed by atoms with Crippen molar-refractivity contribution in [1.29, 1.82) is 0 Å². The molecule has 1 aromatic heterocycles. The third-order valence-corrected chi connectivity index (χ3v) is 3.36. The number of hydrogen-bond donors (Lipinski definition) is 1. The van der Waals surface area contributed by atoms with Gasteiger partial charge in [0, 0.05) is 13.1 Å². The zero-order valence-corrected chi connectivity index (χ0v) is 9.80. The van der Waals surface area contributed by atoms with Crippen molar-refractivity contribution in [2.24, 2.45) is 0 Å². The van der Waals surface area contributed by atoms with Gasteiger partial charge in [-0.15, -0.1) is 0 Å². The van der Waals surface area contributed by atoms with Gasteiger partial charge in [0.2, 0.25) is 5.75 Å². The molecule has 2 atom stereocenters. The first kappa shape index (κ1) is 10.6. The maximum atomic E-state index is 5.80. The number of anilines is 2. The van der Waals surface area contributed by atoms with E-state index >= 15 is 0 Å². The maximum Gasteiger partial charge on any atom is 0.204 e. The SMILES string of the molecule is COc1c(N)ncnc1N1CC2CCC(C1)O2. The predicted molar refractivity (Wildman–Crippen MR) is 63.1 cm³/mol. The van der Waals surface area contributed by atoms with Gasteiger partial charge in [0.15, 0.2) is 11.6 Å². The van der Waals surface area contributed by atoms with Crippen LogP contribution in [0.1, 0.15) is 12.8 Å². The Balaban J connectivity index is 1.91. The Labute approximate surface area is 99.7 Å². The van der Waals surface area contributed by atoms with Crippen LogP contribution in [-0.2, 0) is 4.74 Å². The summed E-state index contributed by atoms with van der Waals surface area (Å²) in [4.78, 5) is 10.4. The number of aromatic nitrogens is 2. The van der Waals surface area contributed by atoms with Crippen LogP contribution in [0.4, 0.5) is 11.6 Å². The molecule has 0 amide bonds. The second-order valence-corrected chi connectivity index (χ2v) is 4.48. The standard InChI is InChI=1S/C11H16N4O2/c1-16-9-10(12)13-6-14-11(9)15-4-7-2-3-8(5-15)17-7/h6-8H,2-5H2,1H3,(H2,12,13,14). The van der Waals surface area contributed by atoms with Crippen LogP contribution in [0.15, 0.2) is 6.33 Å². The minimum absolute atomic E-state index is 0.314. The van der Waals surface area contributed by atoms with Crippen LogP contribution < -0.4 is 15.4 Å². The van der Waals surface area contributed by atoms with Crippen molar-refractivity contribution in [3.63, 3.8) is 0 Å². The largest absolute Gasteiger partial charge is 0.490 e. The molecule has 17 heavy (non-hydrogen) atoms. The summed E-state index contributed by atoms with van der Waals surface area (Å²) in [6, 6.07) is 0. The molecule has 6 nitrogen and oxygen atoms in total. The van der Waals surface area contributed by atoms with Gasteiger partial charge in [-0.3, -0.25) is 0 Å². The fourth-order valence-corrected chi connectivity index (χ4v) is 2.59. The van der Waals surface area contributed by atoms with Crippen molar-refractivity contribution in [3.8, 4) is 5.75 Å². The van der Waals surface area contributed by atoms with Crippen molar-refractivity contribution in [2.45, 2.75) is 25.0 Å². The lowest BCUT2D eigenvalue weighted by Gasteiger charge is -2.33. The molecule has 2 aliphatic rings. The summed E-state index contributed by atoms with van der Waals surface area (Å²) in [5.41, 5.74) is 5.79. The third-order valence-electron chi connectivity index (χ3n) is 3.36. The van der Waals surface area contributed by atoms with E-state index in [-0.39, 0.29) is 0 Å². The number of nitrogens with two attached hydrogens (primary N) is 1. The van der Waals surface area contributed by atoms with Crippen molar-refractivity contribution in [1.82, 2.24) is 9.97 Å². The molecule has 1 aromatic rings. The molecule has 2 N–H and O–H groups in total. The number of morpholine rings is 1. The average molecular weight is 236 g/mol. The van der Waals surface area contributed by atoms with E-state index in [1.807, 2.05) is 0 Å². The summed E-state index contributed by atoms with van der Waals surface area (Å²) in [7, 11) is 1.59. The second-order valence-electron chi connectivity index (χ2n) is 4.48. The summed E-state index contributed by atoms with van der Waals surface area (Å²) in [6.45, 7) is 1.70. The van der Waals surface area contributed by atoms with Gasteiger partial charge in [-0.25, -0.2) is 9.97 Å². The molecule has 0 saturated carbocycles. The van der Waals surface area contributed by atoms with E-state index in [1.54, 1.807) is 7.11 Å². The van der Waals surface area contributed by atoms with Gasteiger partial charge in [-0.05, 0) is 12.8 Å². The molecule has 2 aliphatic heterocycles. The lowest BCUT2D eigenvalue weighted by Crippen LogP contribution is -2.43. The lowest BCUT2D eigenvalue weighted by molar-refractivity contribution is 0.0300. The van der Waals surface area contributed by atoms with Gasteiger partial charge in [-0.1, -0.05) is 0 Å². The number of rotatable bonds is 2. The van der Waals surface area contributed by atoms with Gasteiger partial charge >= 0.3 is 0 Å². The van der Waals surface area contributed by atoms with Gasteiger partial charge in [0.25, 0.3) is 0 Å². The molecule has 0 radical (unpaired) electrons. The normalized spacial score (nSPS) is 27.2. The van der Waals surface area contributed by atoms with Crippen LogP contribution in [-0.4, -0.2) is 42.4 Å². The smallest absolute Gasteiger partial charge is 0.204 e. The van der Waals surface area contributed by atoms with E-state index in [0.717, 1.165) is 31.7 Å². The third kappa shape index (κ3) is 1.78. The minimum atomic E-state index is 0.314. The summed E-state index contributed by atoms with van der Waals surface area (Å²) in [6.07, 6.45) is 4.36. The summed E-state index contributed by atoms with van der Waals surface area (Å²) in [5, 5.41) is 0. The zero-order valence-electron chi connectivity index (χ0n) is 9.80. The molecular formula is C11H16N4O2. The number of nitrogens with zero attached hydrogens (tertiary/aromatic N) is 3. The van der Waals surface area contributed by atoms with E-state index in [0.29, 0.717) is 23.8 Å². The molecule has 92 valence electrons. The van der Waals surface area contributed by atoms with Crippen molar-refractivity contribution in [3.05, 3.63) is 6.33 Å². The molecule has 2 bridgehead atoms. The van der Waals surface area contributed by atoms with Crippen LogP contribution in [0, 0.1) is 0 Å². The Hall–Kier alpha value is -1.56. The van der Waals surface area contributed by atoms with Gasteiger partial charge < -0.3 is 20.1 Å². The molecule has 0 aliphatic carbocycles. The number of methoxy groups -OCH3 is 1. The topological polar surface area (TPSA) is 73.5 Å². The first-order chi connectivity index (χ1) is 8.28. The van der Waals surface area contributed by atoms with Gasteiger partial charge in [-0.2, -0.15) is 0 Å². The quantitative estimate of drug-likeness (QED) is 0.803. The van der Waals surface area contributed by atoms with E-state index in [4.69, 9.17) is 15.2 Å². The summed E-state index contributed by atoms with van der Waals surface area (Å²) < 4.78 is 11.1. The first-order valence-corrected chi connectivity index (χ1v) is 5.83. The zero-order chi connectivity index (χ0) is 11.8. The molecule has 2 fully saturated rings. The highest BCUT2D eigenvalue weighted by atomic mass is 16.5. The highest BCUT2D eigenvalue weighted by molar-refractivity contribution is 5.63. The number of hydrogen-bond acceptors (Lipinski definition) is 6. The maximum absolute atomic E-state index is 5.80. The average Bonchev–Trinajstić information content (AvgIpc) is 2.68. The molecule has 2 saturated heterocycles. The van der Waals surface area contributed by atoms with Crippen LogP contribution in [0.5, 0.6) is 5.75 Å². The fraction of sp³-hybridized carbons (Fsp3) is 0.636. The summed E-state index contributed by atoms with van der Waals surface area (Å²) >= 11 is 0.